The molecule has 0 saturated heterocycles. The van der Waals surface area contributed by atoms with Gasteiger partial charge < -0.3 is 42.0 Å². The number of benzene rings is 2. The minimum Gasteiger partial charge on any atom is -0.481 e. The molecular weight excluding hydrogens is 837 g/mol. The molecule has 6 heterocycles. The van der Waals surface area contributed by atoms with Crippen LogP contribution in [0.25, 0.3) is 23.0 Å². The van der Waals surface area contributed by atoms with E-state index in [1.54, 1.807) is 57.2 Å². The van der Waals surface area contributed by atoms with Gasteiger partial charge in [-0.2, -0.15) is 10.2 Å². The van der Waals surface area contributed by atoms with Gasteiger partial charge in [-0.05, 0) is 46.8 Å². The van der Waals surface area contributed by atoms with Crippen molar-refractivity contribution in [2.45, 2.75) is 58.5 Å². The normalized spacial score (nSPS) is 17.1. The Balaban J connectivity index is 0.000000192. The number of carbonyl (C=O) groups is 4. The van der Waals surface area contributed by atoms with Crippen molar-refractivity contribution in [3.05, 3.63) is 93.5 Å². The number of nitrogens with one attached hydrogen (secondary N) is 2. The Bertz CT molecular complexity index is 2900. The Morgan fingerprint density at radius 3 is 1.50 bits per heavy atom. The van der Waals surface area contributed by atoms with Crippen LogP contribution in [0, 0.1) is 25.5 Å². The molecule has 22 heteroatoms. The first kappa shape index (κ1) is 44.0. The Hall–Kier alpha value is -8.04. The molecule has 2 unspecified atom stereocenters. The number of aromatic nitrogens is 8. The van der Waals surface area contributed by atoms with Crippen molar-refractivity contribution in [3.8, 4) is 34.8 Å². The summed E-state index contributed by atoms with van der Waals surface area (Å²) in [6.07, 6.45) is 0. The number of rotatable bonds is 11. The predicted octanol–water partition coefficient (Wildman–Crippen LogP) is 3.32. The van der Waals surface area contributed by atoms with Gasteiger partial charge in [0.2, 0.25) is 29.5 Å². The molecule has 0 bridgehead atoms. The highest BCUT2D eigenvalue weighted by Crippen LogP contribution is 2.43. The number of nitrogen functional groups attached to an aromatic ring is 2. The van der Waals surface area contributed by atoms with Gasteiger partial charge in [0.05, 0.1) is 45.0 Å². The first-order valence-electron chi connectivity index (χ1n) is 19.6. The van der Waals surface area contributed by atoms with Crippen molar-refractivity contribution < 1.29 is 42.2 Å². The molecule has 0 fully saturated rings. The molecule has 0 aliphatic carbocycles. The molecule has 8 rings (SSSR count). The highest BCUT2D eigenvalue weighted by Gasteiger charge is 2.54. The van der Waals surface area contributed by atoms with E-state index in [1.165, 1.54) is 49.6 Å². The maximum absolute atomic E-state index is 14.2. The van der Waals surface area contributed by atoms with Crippen LogP contribution in [0.1, 0.15) is 54.2 Å². The van der Waals surface area contributed by atoms with Crippen molar-refractivity contribution in [2.24, 2.45) is 5.73 Å². The lowest BCUT2D eigenvalue weighted by atomic mass is 9.84. The van der Waals surface area contributed by atoms with E-state index in [4.69, 9.17) is 31.4 Å². The molecule has 6 aromatic rings. The van der Waals surface area contributed by atoms with Gasteiger partial charge in [0, 0.05) is 22.3 Å². The maximum atomic E-state index is 14.2. The molecule has 2 atom stereocenters. The molecular formula is C42H43F2N13O7. The van der Waals surface area contributed by atoms with Crippen LogP contribution < -0.4 is 37.3 Å². The van der Waals surface area contributed by atoms with Crippen molar-refractivity contribution in [1.82, 2.24) is 39.5 Å². The topological polar surface area (TPSA) is 285 Å². The molecule has 3 amide bonds. The summed E-state index contributed by atoms with van der Waals surface area (Å²) in [4.78, 5) is 66.9. The van der Waals surface area contributed by atoms with Gasteiger partial charge in [-0.1, -0.05) is 36.4 Å². The Labute approximate surface area is 363 Å². The van der Waals surface area contributed by atoms with Crippen LogP contribution in [0.5, 0.6) is 11.8 Å². The summed E-state index contributed by atoms with van der Waals surface area (Å²) in [7, 11) is 2.95. The van der Waals surface area contributed by atoms with Gasteiger partial charge in [0.1, 0.15) is 46.3 Å². The van der Waals surface area contributed by atoms with Crippen molar-refractivity contribution in [2.75, 3.05) is 42.9 Å². The SMILES string of the molecule is CCOC(=O)C1(C)C(=O)Nc2nc(-c3nn(Cc4ccccc4F)c(OC)c3C)nc(N)c21.COc1c(C)c(-c2nc(N)c3c(n2)NC(=O)C3(C)C(N)=O)nn1Cc1ccccc1F. The molecule has 4 aromatic heterocycles. The highest BCUT2D eigenvalue weighted by atomic mass is 19.1. The quantitative estimate of drug-likeness (QED) is 0.0922. The number of amides is 3. The smallest absolute Gasteiger partial charge is 0.326 e. The van der Waals surface area contributed by atoms with Crippen molar-refractivity contribution in [3.63, 3.8) is 0 Å². The number of fused-ring (bicyclic) bond motifs is 2. The fraction of sp³-hybridized carbons (Fsp3) is 0.286. The second-order valence-corrected chi connectivity index (χ2v) is 15.0. The summed E-state index contributed by atoms with van der Waals surface area (Å²) in [5.41, 5.74) is 17.4. The summed E-state index contributed by atoms with van der Waals surface area (Å²) >= 11 is 0. The standard InChI is InChI=1S/C22H23FN6O4.C20H20FN7O3/c1-5-33-21(31)22(3)14-16(24)25-18(26-17(14)27-20(22)30)15-11(2)19(32-4)29(28-15)10-12-8-6-7-9-13(12)23;1-9-13(27-28(17(9)31-3)8-10-6-4-5-7-11(10)21)16-24-14(22)12-15(25-16)26-19(30)20(12,2)18(23)29/h6-9H,5,10H2,1-4H3,(H3,24,25,26,27,30);4-7H,8H2,1-3H3,(H2,23,29)(H3,22,24,25,26,30). The van der Waals surface area contributed by atoms with Gasteiger partial charge in [0.15, 0.2) is 22.5 Å². The number of anilines is 4. The number of hydrogen-bond donors (Lipinski definition) is 5. The van der Waals surface area contributed by atoms with Gasteiger partial charge >= 0.3 is 5.97 Å². The highest BCUT2D eigenvalue weighted by molar-refractivity contribution is 6.21. The summed E-state index contributed by atoms with van der Waals surface area (Å²) in [6.45, 7) is 8.28. The van der Waals surface area contributed by atoms with Crippen LogP contribution in [0.15, 0.2) is 48.5 Å². The summed E-state index contributed by atoms with van der Waals surface area (Å²) in [5.74, 6) is -2.45. The predicted molar refractivity (Wildman–Crippen MR) is 227 cm³/mol. The number of methoxy groups -OCH3 is 2. The van der Waals surface area contributed by atoms with E-state index in [9.17, 15) is 28.0 Å². The van der Waals surface area contributed by atoms with E-state index in [2.05, 4.69) is 40.8 Å². The molecule has 8 N–H and O–H groups in total. The van der Waals surface area contributed by atoms with Crippen LogP contribution in [0.4, 0.5) is 32.1 Å². The zero-order valence-corrected chi connectivity index (χ0v) is 35.7. The second kappa shape index (κ2) is 16.7. The van der Waals surface area contributed by atoms with Crippen LogP contribution in [-0.4, -0.2) is 84.0 Å². The molecule has 0 spiro atoms. The average Bonchev–Trinajstić information content (AvgIpc) is 3.92. The van der Waals surface area contributed by atoms with Crippen LogP contribution in [0.2, 0.25) is 0 Å². The Kier molecular flexibility index (Phi) is 11.5. The Morgan fingerprint density at radius 1 is 0.703 bits per heavy atom. The van der Waals surface area contributed by atoms with Crippen LogP contribution in [0.3, 0.4) is 0 Å². The lowest BCUT2D eigenvalue weighted by molar-refractivity contribution is -0.152. The molecule has 2 aromatic carbocycles. The summed E-state index contributed by atoms with van der Waals surface area (Å²) in [5, 5.41) is 14.1. The van der Waals surface area contributed by atoms with Crippen molar-refractivity contribution in [1.29, 1.82) is 0 Å². The molecule has 0 saturated carbocycles. The Morgan fingerprint density at radius 2 is 1.11 bits per heavy atom. The lowest BCUT2D eigenvalue weighted by Gasteiger charge is -2.20. The third-order valence-corrected chi connectivity index (χ3v) is 11.1. The molecule has 332 valence electrons. The monoisotopic (exact) mass is 879 g/mol. The number of halogens is 2. The molecule has 64 heavy (non-hydrogen) atoms. The number of nitrogens with two attached hydrogens (primary N) is 3. The van der Waals surface area contributed by atoms with E-state index in [0.29, 0.717) is 45.4 Å². The van der Waals surface area contributed by atoms with Crippen molar-refractivity contribution >= 4 is 47.0 Å². The zero-order valence-electron chi connectivity index (χ0n) is 35.7. The third kappa shape index (κ3) is 7.20. The first-order chi connectivity index (χ1) is 30.4. The van der Waals surface area contributed by atoms with Crippen LogP contribution in [-0.2, 0) is 47.8 Å². The third-order valence-electron chi connectivity index (χ3n) is 11.1. The van der Waals surface area contributed by atoms with Crippen LogP contribution >= 0.6 is 0 Å². The van der Waals surface area contributed by atoms with E-state index in [-0.39, 0.29) is 77.4 Å². The number of hydrogen-bond acceptors (Lipinski definition) is 15. The first-order valence-corrected chi connectivity index (χ1v) is 19.6. The maximum Gasteiger partial charge on any atom is 0.326 e. The molecule has 0 radical (unpaired) electrons. The fourth-order valence-electron chi connectivity index (χ4n) is 7.54. The largest absolute Gasteiger partial charge is 0.481 e. The number of ether oxygens (including phenoxy) is 3. The number of esters is 1. The molecule has 2 aliphatic heterocycles. The minimum atomic E-state index is -1.67. The summed E-state index contributed by atoms with van der Waals surface area (Å²) < 4.78 is 47.3. The number of carbonyl (C=O) groups excluding carboxylic acids is 4. The van der Waals surface area contributed by atoms with E-state index < -0.39 is 34.5 Å². The number of nitrogens with zero attached hydrogens (tertiary/aromatic N) is 8. The average molecular weight is 880 g/mol. The van der Waals surface area contributed by atoms with Gasteiger partial charge in [-0.15, -0.1) is 0 Å². The minimum absolute atomic E-state index is 0.0501. The zero-order chi connectivity index (χ0) is 46.4. The molecule has 2 aliphatic rings. The summed E-state index contributed by atoms with van der Waals surface area (Å²) in [6, 6.07) is 12.7. The van der Waals surface area contributed by atoms with E-state index in [0.717, 1.165) is 0 Å². The van der Waals surface area contributed by atoms with Gasteiger partial charge in [0.25, 0.3) is 0 Å². The fourth-order valence-corrected chi connectivity index (χ4v) is 7.54. The molecule has 20 nitrogen and oxygen atoms in total. The van der Waals surface area contributed by atoms with E-state index in [1.807, 2.05) is 0 Å². The second-order valence-electron chi connectivity index (χ2n) is 15.0. The van der Waals surface area contributed by atoms with Gasteiger partial charge in [-0.3, -0.25) is 19.2 Å². The van der Waals surface area contributed by atoms with Gasteiger partial charge in [-0.25, -0.2) is 38.1 Å². The lowest BCUT2D eigenvalue weighted by Crippen LogP contribution is -2.44. The van der Waals surface area contributed by atoms with E-state index >= 15 is 0 Å². The number of primary amides is 1.